The number of hydrogen-bond acceptors (Lipinski definition) is 5. The third-order valence-corrected chi connectivity index (χ3v) is 4.33. The Balaban J connectivity index is 2.09. The smallest absolute Gasteiger partial charge is 0.245 e. The average Bonchev–Trinajstić information content (AvgIpc) is 2.42. The normalized spacial score (nSPS) is 17.0. The molecule has 0 radical (unpaired) electrons. The minimum absolute atomic E-state index is 0.0864. The van der Waals surface area contributed by atoms with Crippen molar-refractivity contribution in [2.45, 2.75) is 19.4 Å². The van der Waals surface area contributed by atoms with Crippen molar-refractivity contribution >= 4 is 43.6 Å². The molecule has 1 aromatic rings. The Morgan fingerprint density at radius 3 is 2.65 bits per heavy atom. The number of anilines is 1. The Kier molecular flexibility index (Phi) is 5.11. The number of halogens is 2. The van der Waals surface area contributed by atoms with E-state index in [1.807, 2.05) is 13.8 Å². The van der Waals surface area contributed by atoms with Crippen LogP contribution in [0.5, 0.6) is 0 Å². The maximum atomic E-state index is 12.5. The van der Waals surface area contributed by atoms with Crippen LogP contribution in [0.2, 0.25) is 0 Å². The van der Waals surface area contributed by atoms with Crippen LogP contribution in [0, 0.1) is 0 Å². The van der Waals surface area contributed by atoms with E-state index in [0.29, 0.717) is 15.0 Å². The predicted molar refractivity (Wildman–Crippen MR) is 84.6 cm³/mol. The second-order valence-corrected chi connectivity index (χ2v) is 6.65. The summed E-state index contributed by atoms with van der Waals surface area (Å²) in [4.78, 5) is 23.0. The average molecular weight is 407 g/mol. The Bertz CT molecular complexity index is 503. The van der Waals surface area contributed by atoms with E-state index < -0.39 is 5.54 Å². The number of amides is 1. The maximum absolute atomic E-state index is 12.5. The first kappa shape index (κ1) is 15.8. The van der Waals surface area contributed by atoms with E-state index in [9.17, 15) is 4.79 Å². The molecule has 0 bridgehead atoms. The van der Waals surface area contributed by atoms with Gasteiger partial charge in [0.05, 0.1) is 11.7 Å². The van der Waals surface area contributed by atoms with Crippen LogP contribution in [0.25, 0.3) is 0 Å². The van der Waals surface area contributed by atoms with E-state index in [4.69, 9.17) is 0 Å². The minimum Gasteiger partial charge on any atom is -0.314 e. The highest BCUT2D eigenvalue weighted by molar-refractivity contribution is 9.11. The van der Waals surface area contributed by atoms with Crippen LogP contribution in [0.1, 0.15) is 13.8 Å². The summed E-state index contributed by atoms with van der Waals surface area (Å²) < 4.78 is 1.13. The fourth-order valence-electron chi connectivity index (χ4n) is 2.06. The Morgan fingerprint density at radius 2 is 2.05 bits per heavy atom. The Morgan fingerprint density at radius 1 is 1.40 bits per heavy atom. The van der Waals surface area contributed by atoms with Crippen molar-refractivity contribution in [1.29, 1.82) is 0 Å². The summed E-state index contributed by atoms with van der Waals surface area (Å²) >= 11 is 6.53. The molecule has 1 aromatic heterocycles. The summed E-state index contributed by atoms with van der Waals surface area (Å²) in [5.74, 6) is 0.345. The molecule has 2 heterocycles. The molecular weight excluding hydrogens is 390 g/mol. The molecule has 2 N–H and O–H groups in total. The molecular formula is C12H17Br2N5O. The van der Waals surface area contributed by atoms with Gasteiger partial charge in [-0.15, -0.1) is 0 Å². The summed E-state index contributed by atoms with van der Waals surface area (Å²) in [6, 6.07) is 0. The third-order valence-electron chi connectivity index (χ3n) is 3.40. The van der Waals surface area contributed by atoms with E-state index in [2.05, 4.69) is 57.4 Å². The van der Waals surface area contributed by atoms with Gasteiger partial charge in [0, 0.05) is 26.2 Å². The number of nitrogens with one attached hydrogen (secondary N) is 2. The second-order valence-electron chi connectivity index (χ2n) is 5.08. The molecule has 0 atom stereocenters. The van der Waals surface area contributed by atoms with E-state index >= 15 is 0 Å². The van der Waals surface area contributed by atoms with Gasteiger partial charge in [-0.1, -0.05) is 0 Å². The summed E-state index contributed by atoms with van der Waals surface area (Å²) in [5, 5.41) is 6.12. The van der Waals surface area contributed by atoms with Gasteiger partial charge in [-0.3, -0.25) is 9.69 Å². The molecule has 1 fully saturated rings. The number of carbonyl (C=O) groups is 1. The van der Waals surface area contributed by atoms with Gasteiger partial charge in [0.15, 0.2) is 5.82 Å². The zero-order valence-corrected chi connectivity index (χ0v) is 14.6. The summed E-state index contributed by atoms with van der Waals surface area (Å²) in [6.45, 7) is 7.36. The molecule has 1 amide bonds. The maximum Gasteiger partial charge on any atom is 0.245 e. The highest BCUT2D eigenvalue weighted by atomic mass is 79.9. The van der Waals surface area contributed by atoms with E-state index in [-0.39, 0.29) is 5.91 Å². The van der Waals surface area contributed by atoms with Gasteiger partial charge in [0.1, 0.15) is 9.21 Å². The van der Waals surface area contributed by atoms with Crippen LogP contribution in [0.15, 0.2) is 15.4 Å². The SMILES string of the molecule is CC(C)(C(=O)Nc1ncc(Br)nc1Br)N1CCNCC1. The molecule has 110 valence electrons. The molecule has 0 unspecified atom stereocenters. The summed E-state index contributed by atoms with van der Waals surface area (Å²) in [6.07, 6.45) is 1.55. The number of aromatic nitrogens is 2. The summed E-state index contributed by atoms with van der Waals surface area (Å²) in [7, 11) is 0. The van der Waals surface area contributed by atoms with E-state index in [1.165, 1.54) is 0 Å². The highest BCUT2D eigenvalue weighted by Gasteiger charge is 2.35. The quantitative estimate of drug-likeness (QED) is 0.798. The van der Waals surface area contributed by atoms with Gasteiger partial charge in [-0.25, -0.2) is 9.97 Å². The predicted octanol–water partition coefficient (Wildman–Crippen LogP) is 1.62. The van der Waals surface area contributed by atoms with Crippen LogP contribution in [0.3, 0.4) is 0 Å². The summed E-state index contributed by atoms with van der Waals surface area (Å²) in [5.41, 5.74) is -0.587. The van der Waals surface area contributed by atoms with Crippen molar-refractivity contribution in [3.8, 4) is 0 Å². The van der Waals surface area contributed by atoms with Crippen LogP contribution in [-0.2, 0) is 4.79 Å². The van der Waals surface area contributed by atoms with Crippen LogP contribution < -0.4 is 10.6 Å². The van der Waals surface area contributed by atoms with Gasteiger partial charge in [0.2, 0.25) is 5.91 Å². The molecule has 1 aliphatic heterocycles. The number of hydrogen-bond donors (Lipinski definition) is 2. The van der Waals surface area contributed by atoms with Gasteiger partial charge in [-0.05, 0) is 45.7 Å². The van der Waals surface area contributed by atoms with Crippen molar-refractivity contribution in [1.82, 2.24) is 20.2 Å². The van der Waals surface area contributed by atoms with E-state index in [0.717, 1.165) is 26.2 Å². The first-order valence-corrected chi connectivity index (χ1v) is 7.95. The standard InChI is InChI=1S/C12H17Br2N5O/c1-12(2,19-5-3-15-4-6-19)11(20)18-10-9(14)17-8(13)7-16-10/h7,15H,3-6H2,1-2H3,(H,16,18,20). The van der Waals surface area contributed by atoms with E-state index in [1.54, 1.807) is 6.20 Å². The lowest BCUT2D eigenvalue weighted by Gasteiger charge is -2.39. The molecule has 8 heteroatoms. The van der Waals surface area contributed by atoms with Crippen molar-refractivity contribution in [2.75, 3.05) is 31.5 Å². The van der Waals surface area contributed by atoms with Crippen LogP contribution in [0.4, 0.5) is 5.82 Å². The lowest BCUT2D eigenvalue weighted by Crippen LogP contribution is -2.58. The van der Waals surface area contributed by atoms with Crippen molar-refractivity contribution in [3.63, 3.8) is 0 Å². The monoisotopic (exact) mass is 405 g/mol. The first-order valence-electron chi connectivity index (χ1n) is 6.36. The molecule has 0 saturated carbocycles. The lowest BCUT2D eigenvalue weighted by atomic mass is 10.0. The number of rotatable bonds is 3. The van der Waals surface area contributed by atoms with Crippen LogP contribution in [-0.4, -0.2) is 52.5 Å². The minimum atomic E-state index is -0.587. The van der Waals surface area contributed by atoms with Gasteiger partial charge in [-0.2, -0.15) is 0 Å². The zero-order chi connectivity index (χ0) is 14.8. The fourth-order valence-corrected chi connectivity index (χ4v) is 2.97. The molecule has 20 heavy (non-hydrogen) atoms. The zero-order valence-electron chi connectivity index (χ0n) is 11.4. The topological polar surface area (TPSA) is 70.2 Å². The largest absolute Gasteiger partial charge is 0.314 e. The number of piperazine rings is 1. The lowest BCUT2D eigenvalue weighted by molar-refractivity contribution is -0.126. The van der Waals surface area contributed by atoms with Crippen LogP contribution >= 0.6 is 31.9 Å². The fraction of sp³-hybridized carbons (Fsp3) is 0.583. The molecule has 0 aliphatic carbocycles. The molecule has 0 aromatic carbocycles. The number of nitrogens with zero attached hydrogens (tertiary/aromatic N) is 3. The number of carbonyl (C=O) groups excluding carboxylic acids is 1. The van der Waals surface area contributed by atoms with Gasteiger partial charge < -0.3 is 10.6 Å². The van der Waals surface area contributed by atoms with Crippen molar-refractivity contribution in [3.05, 3.63) is 15.4 Å². The Labute approximate surface area is 135 Å². The van der Waals surface area contributed by atoms with Gasteiger partial charge >= 0.3 is 0 Å². The highest BCUT2D eigenvalue weighted by Crippen LogP contribution is 2.22. The second kappa shape index (κ2) is 6.46. The first-order chi connectivity index (χ1) is 9.41. The molecule has 2 rings (SSSR count). The molecule has 0 spiro atoms. The molecule has 1 saturated heterocycles. The molecule has 6 nitrogen and oxygen atoms in total. The molecule has 1 aliphatic rings. The van der Waals surface area contributed by atoms with Crippen molar-refractivity contribution in [2.24, 2.45) is 0 Å². The third kappa shape index (κ3) is 3.55. The van der Waals surface area contributed by atoms with Crippen molar-refractivity contribution < 1.29 is 4.79 Å². The Hall–Kier alpha value is -0.570. The van der Waals surface area contributed by atoms with Gasteiger partial charge in [0.25, 0.3) is 0 Å².